The zero-order valence-corrected chi connectivity index (χ0v) is 15.7. The molecule has 2 heteroatoms. The van der Waals surface area contributed by atoms with Gasteiger partial charge in [0, 0.05) is 13.0 Å². The first-order chi connectivity index (χ1) is 11.7. The number of rotatable bonds is 12. The zero-order chi connectivity index (χ0) is 17.2. The molecule has 0 aliphatic rings. The van der Waals surface area contributed by atoms with Gasteiger partial charge in [-0.1, -0.05) is 82.6 Å². The molecule has 24 heavy (non-hydrogen) atoms. The highest BCUT2D eigenvalue weighted by Crippen LogP contribution is 2.19. The summed E-state index contributed by atoms with van der Waals surface area (Å²) in [5.41, 5.74) is 3.54. The number of aryl methyl sites for hydroxylation is 1. The summed E-state index contributed by atoms with van der Waals surface area (Å²) >= 11 is 0. The minimum Gasteiger partial charge on any atom is -0.324 e. The van der Waals surface area contributed by atoms with Gasteiger partial charge in [-0.05, 0) is 25.5 Å². The highest BCUT2D eigenvalue weighted by atomic mass is 15.1. The van der Waals surface area contributed by atoms with Gasteiger partial charge in [0.25, 0.3) is 0 Å². The van der Waals surface area contributed by atoms with Crippen molar-refractivity contribution in [3.63, 3.8) is 0 Å². The summed E-state index contributed by atoms with van der Waals surface area (Å²) in [6.45, 7) is 9.34. The van der Waals surface area contributed by atoms with E-state index in [1.807, 2.05) is 0 Å². The predicted molar refractivity (Wildman–Crippen MR) is 105 cm³/mol. The predicted octanol–water partition coefficient (Wildman–Crippen LogP) is 6.69. The Kier molecular flexibility index (Phi) is 8.07. The maximum atomic E-state index is 4.86. The van der Waals surface area contributed by atoms with E-state index in [4.69, 9.17) is 4.98 Å². The molecule has 0 amide bonds. The van der Waals surface area contributed by atoms with Crippen LogP contribution >= 0.6 is 0 Å². The van der Waals surface area contributed by atoms with Crippen LogP contribution in [0.25, 0.3) is 11.0 Å². The van der Waals surface area contributed by atoms with E-state index in [9.17, 15) is 0 Å². The van der Waals surface area contributed by atoms with E-state index in [1.54, 1.807) is 0 Å². The van der Waals surface area contributed by atoms with E-state index in [1.165, 1.54) is 74.7 Å². The van der Waals surface area contributed by atoms with Gasteiger partial charge in [0.05, 0.1) is 11.0 Å². The molecular formula is C22H34N2. The fourth-order valence-corrected chi connectivity index (χ4v) is 3.36. The van der Waals surface area contributed by atoms with Gasteiger partial charge >= 0.3 is 0 Å². The Morgan fingerprint density at radius 3 is 2.25 bits per heavy atom. The normalized spacial score (nSPS) is 11.2. The molecule has 0 N–H and O–H groups in total. The number of hydrogen-bond acceptors (Lipinski definition) is 1. The molecule has 1 aromatic heterocycles. The van der Waals surface area contributed by atoms with Crippen molar-refractivity contribution in [2.24, 2.45) is 0 Å². The van der Waals surface area contributed by atoms with Gasteiger partial charge < -0.3 is 4.57 Å². The van der Waals surface area contributed by atoms with Gasteiger partial charge in [0.15, 0.2) is 0 Å². The van der Waals surface area contributed by atoms with Crippen molar-refractivity contribution in [3.8, 4) is 0 Å². The number of fused-ring (bicyclic) bond motifs is 1. The number of allylic oxidation sites excluding steroid dienone is 1. The lowest BCUT2D eigenvalue weighted by molar-refractivity contribution is 0.558. The standard InChI is InChI=1S/C22H34N2/c1-4-5-6-7-8-9-10-11-12-17-22-23-20-15-13-14-16-21(20)24(22)18-19(2)3/h13-16H,2,4-12,17-18H2,1,3H3. The third-order valence-corrected chi connectivity index (χ3v) is 4.67. The number of imidazole rings is 1. The zero-order valence-electron chi connectivity index (χ0n) is 15.7. The first-order valence-electron chi connectivity index (χ1n) is 9.81. The number of unbranched alkanes of at least 4 members (excludes halogenated alkanes) is 8. The van der Waals surface area contributed by atoms with Gasteiger partial charge in [-0.15, -0.1) is 0 Å². The van der Waals surface area contributed by atoms with Gasteiger partial charge in [0.2, 0.25) is 0 Å². The molecule has 0 aliphatic carbocycles. The molecule has 0 atom stereocenters. The molecule has 0 radical (unpaired) electrons. The van der Waals surface area contributed by atoms with Gasteiger partial charge in [-0.25, -0.2) is 4.98 Å². The van der Waals surface area contributed by atoms with E-state index < -0.39 is 0 Å². The highest BCUT2D eigenvalue weighted by molar-refractivity contribution is 5.76. The van der Waals surface area contributed by atoms with E-state index >= 15 is 0 Å². The van der Waals surface area contributed by atoms with E-state index in [-0.39, 0.29) is 0 Å². The van der Waals surface area contributed by atoms with Crippen molar-refractivity contribution >= 4 is 11.0 Å². The SMILES string of the molecule is C=C(C)Cn1c(CCCCCCCCCCC)nc2ccccc21. The summed E-state index contributed by atoms with van der Waals surface area (Å²) in [4.78, 5) is 4.86. The first-order valence-corrected chi connectivity index (χ1v) is 9.81. The summed E-state index contributed by atoms with van der Waals surface area (Å²) in [5, 5.41) is 0. The van der Waals surface area contributed by atoms with Crippen LogP contribution in [-0.2, 0) is 13.0 Å². The molecule has 0 saturated heterocycles. The second-order valence-electron chi connectivity index (χ2n) is 7.14. The smallest absolute Gasteiger partial charge is 0.110 e. The van der Waals surface area contributed by atoms with E-state index in [0.29, 0.717) is 0 Å². The minimum absolute atomic E-state index is 0.882. The van der Waals surface area contributed by atoms with Crippen LogP contribution in [0.2, 0.25) is 0 Å². The lowest BCUT2D eigenvalue weighted by Crippen LogP contribution is -2.04. The molecule has 2 aromatic rings. The van der Waals surface area contributed by atoms with Crippen molar-refractivity contribution < 1.29 is 0 Å². The summed E-state index contributed by atoms with van der Waals surface area (Å²) in [5.74, 6) is 1.22. The molecule has 0 saturated carbocycles. The maximum Gasteiger partial charge on any atom is 0.110 e. The van der Waals surface area contributed by atoms with E-state index in [2.05, 4.69) is 49.3 Å². The van der Waals surface area contributed by atoms with Crippen molar-refractivity contribution in [2.75, 3.05) is 0 Å². The summed E-state index contributed by atoms with van der Waals surface area (Å²) in [7, 11) is 0. The number of para-hydroxylation sites is 2. The van der Waals surface area contributed by atoms with Crippen LogP contribution in [0.1, 0.15) is 77.5 Å². The van der Waals surface area contributed by atoms with Crippen LogP contribution in [0.4, 0.5) is 0 Å². The Bertz CT molecular complexity index is 624. The molecule has 2 rings (SSSR count). The van der Waals surface area contributed by atoms with Crippen molar-refractivity contribution in [3.05, 3.63) is 42.2 Å². The number of benzene rings is 1. The number of aromatic nitrogens is 2. The monoisotopic (exact) mass is 326 g/mol. The topological polar surface area (TPSA) is 17.8 Å². The fourth-order valence-electron chi connectivity index (χ4n) is 3.36. The van der Waals surface area contributed by atoms with Gasteiger partial charge in [0.1, 0.15) is 5.82 Å². The van der Waals surface area contributed by atoms with Crippen molar-refractivity contribution in [1.29, 1.82) is 0 Å². The van der Waals surface area contributed by atoms with E-state index in [0.717, 1.165) is 18.5 Å². The molecule has 132 valence electrons. The maximum absolute atomic E-state index is 4.86. The minimum atomic E-state index is 0.882. The largest absolute Gasteiger partial charge is 0.324 e. The summed E-state index contributed by atoms with van der Waals surface area (Å²) < 4.78 is 2.35. The Hall–Kier alpha value is -1.57. The lowest BCUT2D eigenvalue weighted by atomic mass is 10.1. The first kappa shape index (κ1) is 18.8. The highest BCUT2D eigenvalue weighted by Gasteiger charge is 2.09. The van der Waals surface area contributed by atoms with Gasteiger partial charge in [-0.2, -0.15) is 0 Å². The Morgan fingerprint density at radius 2 is 1.58 bits per heavy atom. The summed E-state index contributed by atoms with van der Waals surface area (Å²) in [6, 6.07) is 8.46. The van der Waals surface area contributed by atoms with Crippen LogP contribution in [0, 0.1) is 0 Å². The average Bonchev–Trinajstić information content (AvgIpc) is 2.91. The second kappa shape index (κ2) is 10.3. The summed E-state index contributed by atoms with van der Waals surface area (Å²) in [6.07, 6.45) is 13.4. The third kappa shape index (κ3) is 5.81. The van der Waals surface area contributed by atoms with Crippen LogP contribution in [0.3, 0.4) is 0 Å². The second-order valence-corrected chi connectivity index (χ2v) is 7.14. The van der Waals surface area contributed by atoms with Crippen molar-refractivity contribution in [1.82, 2.24) is 9.55 Å². The van der Waals surface area contributed by atoms with Gasteiger partial charge in [-0.3, -0.25) is 0 Å². The molecule has 0 aliphatic heterocycles. The molecular weight excluding hydrogens is 292 g/mol. The molecule has 2 nitrogen and oxygen atoms in total. The quantitative estimate of drug-likeness (QED) is 0.314. The Labute approximate surface area is 148 Å². The molecule has 0 fully saturated rings. The average molecular weight is 327 g/mol. The lowest BCUT2D eigenvalue weighted by Gasteiger charge is -2.09. The molecule has 0 bridgehead atoms. The Morgan fingerprint density at radius 1 is 0.958 bits per heavy atom. The fraction of sp³-hybridized carbons (Fsp3) is 0.591. The third-order valence-electron chi connectivity index (χ3n) is 4.67. The molecule has 1 heterocycles. The molecule has 0 spiro atoms. The Balaban J connectivity index is 1.79. The van der Waals surface area contributed by atoms with Crippen LogP contribution in [0.5, 0.6) is 0 Å². The van der Waals surface area contributed by atoms with Crippen LogP contribution in [-0.4, -0.2) is 9.55 Å². The van der Waals surface area contributed by atoms with Crippen molar-refractivity contribution in [2.45, 2.75) is 84.6 Å². The molecule has 0 unspecified atom stereocenters. The van der Waals surface area contributed by atoms with Crippen LogP contribution < -0.4 is 0 Å². The molecule has 1 aromatic carbocycles. The number of hydrogen-bond donors (Lipinski definition) is 0. The number of nitrogens with zero attached hydrogens (tertiary/aromatic N) is 2. The van der Waals surface area contributed by atoms with Crippen LogP contribution in [0.15, 0.2) is 36.4 Å².